The Bertz CT molecular complexity index is 1060. The van der Waals surface area contributed by atoms with E-state index in [1.54, 1.807) is 7.11 Å². The molecule has 0 radical (unpaired) electrons. The average Bonchev–Trinajstić information content (AvgIpc) is 3.36. The Morgan fingerprint density at radius 2 is 2.05 bits per heavy atom. The molecule has 2 fully saturated rings. The highest BCUT2D eigenvalue weighted by Crippen LogP contribution is 2.43. The van der Waals surface area contributed by atoms with E-state index in [0.29, 0.717) is 37.7 Å². The van der Waals surface area contributed by atoms with E-state index in [0.717, 1.165) is 55.2 Å². The molecule has 1 amide bonds. The van der Waals surface area contributed by atoms with Gasteiger partial charge in [-0.25, -0.2) is 0 Å². The number of hydrogen-bond acceptors (Lipinski definition) is 5. The molecule has 7 heteroatoms. The summed E-state index contributed by atoms with van der Waals surface area (Å²) in [5, 5.41) is 13.1. The number of amides is 1. The molecule has 1 aliphatic carbocycles. The van der Waals surface area contributed by atoms with Crippen LogP contribution < -0.4 is 5.73 Å². The Morgan fingerprint density at radius 3 is 2.78 bits per heavy atom. The Balaban J connectivity index is 1.70. The van der Waals surface area contributed by atoms with Crippen LogP contribution in [0.15, 0.2) is 42.5 Å². The van der Waals surface area contributed by atoms with Crippen LogP contribution in [0.25, 0.3) is 11.1 Å². The third-order valence-electron chi connectivity index (χ3n) is 7.99. The molecule has 0 aromatic heterocycles. The Labute approximate surface area is 226 Å². The Hall–Kier alpha value is -1.96. The highest BCUT2D eigenvalue weighted by atomic mass is 35.5. The molecule has 1 saturated heterocycles. The number of methoxy groups -OCH3 is 1. The number of unbranched alkanes of at least 4 members (excludes halogenated alkanes) is 1. The third kappa shape index (κ3) is 6.37. The maximum atomic E-state index is 13.4. The average molecular weight is 529 g/mol. The minimum absolute atomic E-state index is 0.0398. The van der Waals surface area contributed by atoms with Crippen molar-refractivity contribution in [3.05, 3.63) is 58.6 Å². The molecule has 1 heterocycles. The number of carbonyl (C=O) groups excluding carboxylic acids is 1. The van der Waals surface area contributed by atoms with Crippen molar-refractivity contribution in [3.63, 3.8) is 0 Å². The van der Waals surface area contributed by atoms with Crippen molar-refractivity contribution in [2.75, 3.05) is 33.4 Å². The lowest BCUT2D eigenvalue weighted by atomic mass is 9.78. The van der Waals surface area contributed by atoms with Crippen LogP contribution in [0.4, 0.5) is 0 Å². The smallest absolute Gasteiger partial charge is 0.225 e. The molecule has 3 N–H and O–H groups in total. The summed E-state index contributed by atoms with van der Waals surface area (Å²) in [6.45, 7) is 4.00. The van der Waals surface area contributed by atoms with Crippen molar-refractivity contribution < 1.29 is 19.4 Å². The van der Waals surface area contributed by atoms with E-state index in [1.165, 1.54) is 5.56 Å². The zero-order chi connectivity index (χ0) is 26.4. The van der Waals surface area contributed by atoms with E-state index in [1.807, 2.05) is 35.2 Å². The lowest BCUT2D eigenvalue weighted by Crippen LogP contribution is -2.55. The number of morpholine rings is 1. The van der Waals surface area contributed by atoms with Crippen LogP contribution in [0, 0.1) is 5.92 Å². The number of nitrogens with zero attached hydrogens (tertiary/aromatic N) is 1. The highest BCUT2D eigenvalue weighted by molar-refractivity contribution is 6.33. The summed E-state index contributed by atoms with van der Waals surface area (Å²) in [5.74, 6) is 0.0898. The number of halogens is 1. The molecule has 2 aromatic carbocycles. The van der Waals surface area contributed by atoms with Crippen LogP contribution in [0.2, 0.25) is 5.02 Å². The lowest BCUT2D eigenvalue weighted by Gasteiger charge is -2.44. The van der Waals surface area contributed by atoms with Crippen LogP contribution >= 0.6 is 11.6 Å². The van der Waals surface area contributed by atoms with Crippen molar-refractivity contribution in [1.29, 1.82) is 0 Å². The fraction of sp³-hybridized carbons (Fsp3) is 0.567. The first kappa shape index (κ1) is 28.1. The molecule has 0 spiro atoms. The van der Waals surface area contributed by atoms with Gasteiger partial charge in [0, 0.05) is 42.8 Å². The van der Waals surface area contributed by atoms with Gasteiger partial charge in [-0.1, -0.05) is 54.9 Å². The van der Waals surface area contributed by atoms with Gasteiger partial charge < -0.3 is 25.2 Å². The van der Waals surface area contributed by atoms with E-state index in [9.17, 15) is 9.90 Å². The fourth-order valence-electron chi connectivity index (χ4n) is 5.87. The molecule has 202 valence electrons. The van der Waals surface area contributed by atoms with E-state index < -0.39 is 11.7 Å². The number of rotatable bonds is 10. The summed E-state index contributed by atoms with van der Waals surface area (Å²) in [6, 6.07) is 14.1. The molecular formula is C30H41ClN2O4. The van der Waals surface area contributed by atoms with E-state index in [2.05, 4.69) is 19.1 Å². The molecule has 0 unspecified atom stereocenters. The monoisotopic (exact) mass is 528 g/mol. The second-order valence-electron chi connectivity index (χ2n) is 10.5. The zero-order valence-electron chi connectivity index (χ0n) is 22.1. The molecule has 2 aliphatic rings. The van der Waals surface area contributed by atoms with Crippen LogP contribution in [0.1, 0.15) is 56.6 Å². The zero-order valence-corrected chi connectivity index (χ0v) is 22.9. The molecular weight excluding hydrogens is 488 g/mol. The maximum absolute atomic E-state index is 13.4. The summed E-state index contributed by atoms with van der Waals surface area (Å²) >= 11 is 6.82. The van der Waals surface area contributed by atoms with Gasteiger partial charge in [0.1, 0.15) is 11.7 Å². The van der Waals surface area contributed by atoms with Crippen molar-refractivity contribution in [2.45, 2.75) is 69.6 Å². The number of aryl methyl sites for hydroxylation is 1. The van der Waals surface area contributed by atoms with E-state index in [-0.39, 0.29) is 17.9 Å². The maximum Gasteiger partial charge on any atom is 0.225 e. The lowest BCUT2D eigenvalue weighted by molar-refractivity contribution is -0.167. The predicted molar refractivity (Wildman–Crippen MR) is 148 cm³/mol. The van der Waals surface area contributed by atoms with Gasteiger partial charge in [-0.05, 0) is 67.7 Å². The van der Waals surface area contributed by atoms with Gasteiger partial charge >= 0.3 is 0 Å². The summed E-state index contributed by atoms with van der Waals surface area (Å²) in [7, 11) is 1.69. The number of aliphatic hydroxyl groups is 1. The molecule has 1 saturated carbocycles. The van der Waals surface area contributed by atoms with Gasteiger partial charge in [-0.2, -0.15) is 0 Å². The van der Waals surface area contributed by atoms with Gasteiger partial charge in [0.05, 0.1) is 13.2 Å². The largest absolute Gasteiger partial charge is 0.385 e. The number of benzene rings is 2. The Morgan fingerprint density at radius 1 is 1.24 bits per heavy atom. The quantitative estimate of drug-likeness (QED) is 0.427. The van der Waals surface area contributed by atoms with Crippen molar-refractivity contribution in [1.82, 2.24) is 4.90 Å². The highest BCUT2D eigenvalue weighted by Gasteiger charge is 2.45. The Kier molecular flexibility index (Phi) is 9.65. The van der Waals surface area contributed by atoms with Gasteiger partial charge in [-0.15, -0.1) is 0 Å². The van der Waals surface area contributed by atoms with Crippen LogP contribution in [0.5, 0.6) is 0 Å². The minimum atomic E-state index is -1.33. The topological polar surface area (TPSA) is 85.0 Å². The summed E-state index contributed by atoms with van der Waals surface area (Å²) in [4.78, 5) is 15.2. The predicted octanol–water partition coefficient (Wildman–Crippen LogP) is 4.93. The first-order chi connectivity index (χ1) is 17.9. The van der Waals surface area contributed by atoms with Gasteiger partial charge in [0.15, 0.2) is 0 Å². The molecule has 0 bridgehead atoms. The van der Waals surface area contributed by atoms with Crippen LogP contribution in [-0.4, -0.2) is 61.5 Å². The van der Waals surface area contributed by atoms with Gasteiger partial charge in [-0.3, -0.25) is 4.79 Å². The molecule has 4 rings (SSSR count). The minimum Gasteiger partial charge on any atom is -0.385 e. The number of ether oxygens (including phenoxy) is 2. The van der Waals surface area contributed by atoms with E-state index >= 15 is 0 Å². The summed E-state index contributed by atoms with van der Waals surface area (Å²) < 4.78 is 11.5. The first-order valence-corrected chi connectivity index (χ1v) is 14.0. The molecule has 6 nitrogen and oxygen atoms in total. The van der Waals surface area contributed by atoms with Gasteiger partial charge in [0.25, 0.3) is 0 Å². The van der Waals surface area contributed by atoms with Crippen molar-refractivity contribution in [2.24, 2.45) is 11.7 Å². The molecule has 2 aromatic rings. The SMILES string of the molecule is CCc1cccc(-c2c(Cl)cccc2[C@@](O)(CCCCOC)[C@H]2CN(C(=O)[C@@H]3CC[C@H](N)C3)CCO2)c1. The third-order valence-corrected chi connectivity index (χ3v) is 8.31. The molecule has 37 heavy (non-hydrogen) atoms. The second kappa shape index (κ2) is 12.7. The normalized spacial score (nSPS) is 23.7. The van der Waals surface area contributed by atoms with Crippen LogP contribution in [0.3, 0.4) is 0 Å². The van der Waals surface area contributed by atoms with E-state index in [4.69, 9.17) is 26.8 Å². The molecule has 4 atom stereocenters. The first-order valence-electron chi connectivity index (χ1n) is 13.6. The van der Waals surface area contributed by atoms with Crippen molar-refractivity contribution in [3.8, 4) is 11.1 Å². The number of carbonyl (C=O) groups is 1. The number of nitrogens with two attached hydrogens (primary N) is 1. The standard InChI is InChI=1S/C30H41ClN2O4/c1-3-21-8-6-9-22(18-21)28-25(10-7-11-26(28)31)30(35,14-4-5-16-36-2)27-20-33(15-17-37-27)29(34)23-12-13-24(32)19-23/h6-11,18,23-24,27,35H,3-5,12-17,19-20,32H2,1-2H3/t23-,24+,27-,30+/m1/s1. The molecule has 1 aliphatic heterocycles. The number of hydrogen-bond donors (Lipinski definition) is 2. The summed E-state index contributed by atoms with van der Waals surface area (Å²) in [5.41, 5.74) is 8.50. The second-order valence-corrected chi connectivity index (χ2v) is 10.9. The van der Waals surface area contributed by atoms with Crippen molar-refractivity contribution >= 4 is 17.5 Å². The van der Waals surface area contributed by atoms with Gasteiger partial charge in [0.2, 0.25) is 5.91 Å². The van der Waals surface area contributed by atoms with Crippen LogP contribution in [-0.2, 0) is 26.3 Å². The summed E-state index contributed by atoms with van der Waals surface area (Å²) in [6.07, 6.45) is 4.81. The fourth-order valence-corrected chi connectivity index (χ4v) is 6.16.